The van der Waals surface area contributed by atoms with E-state index < -0.39 is 0 Å². The number of anilines is 1. The molecule has 17 heavy (non-hydrogen) atoms. The molecule has 0 aliphatic heterocycles. The van der Waals surface area contributed by atoms with Crippen LogP contribution in [0.4, 0.5) is 10.1 Å². The van der Waals surface area contributed by atoms with E-state index in [9.17, 15) is 4.39 Å². The molecule has 94 valence electrons. The Kier molecular flexibility index (Phi) is 4.00. The van der Waals surface area contributed by atoms with Crippen LogP contribution in [0.15, 0.2) is 24.3 Å². The molecular formula is C14H21FN2. The number of rotatable bonds is 3. The number of hydrogen-bond donors (Lipinski definition) is 2. The fraction of sp³-hybridized carbons (Fsp3) is 0.571. The van der Waals surface area contributed by atoms with Crippen molar-refractivity contribution in [2.75, 3.05) is 11.9 Å². The maximum atomic E-state index is 12.9. The molecule has 0 spiro atoms. The molecule has 0 radical (unpaired) electrons. The third-order valence-electron chi connectivity index (χ3n) is 3.71. The van der Waals surface area contributed by atoms with Crippen molar-refractivity contribution in [1.82, 2.24) is 0 Å². The zero-order valence-corrected chi connectivity index (χ0v) is 10.2. The first-order chi connectivity index (χ1) is 8.24. The fourth-order valence-corrected chi connectivity index (χ4v) is 2.62. The van der Waals surface area contributed by atoms with E-state index in [1.807, 2.05) is 0 Å². The second-order valence-corrected chi connectivity index (χ2v) is 5.03. The number of hydrogen-bond acceptors (Lipinski definition) is 2. The van der Waals surface area contributed by atoms with Crippen LogP contribution in [0.5, 0.6) is 0 Å². The molecule has 1 aromatic carbocycles. The van der Waals surface area contributed by atoms with Gasteiger partial charge in [-0.05, 0) is 37.1 Å². The Hall–Kier alpha value is -1.09. The number of halogens is 1. The summed E-state index contributed by atoms with van der Waals surface area (Å²) in [6.07, 6.45) is 7.28. The van der Waals surface area contributed by atoms with E-state index in [-0.39, 0.29) is 11.4 Å². The van der Waals surface area contributed by atoms with Crippen LogP contribution in [-0.2, 0) is 0 Å². The second kappa shape index (κ2) is 5.50. The number of nitrogens with two attached hydrogens (primary N) is 1. The summed E-state index contributed by atoms with van der Waals surface area (Å²) < 4.78 is 12.9. The van der Waals surface area contributed by atoms with Crippen molar-refractivity contribution in [3.8, 4) is 0 Å². The van der Waals surface area contributed by atoms with Gasteiger partial charge in [0.15, 0.2) is 0 Å². The first-order valence-corrected chi connectivity index (χ1v) is 6.48. The molecule has 1 aliphatic carbocycles. The van der Waals surface area contributed by atoms with Gasteiger partial charge in [0.25, 0.3) is 0 Å². The molecule has 3 N–H and O–H groups in total. The zero-order valence-electron chi connectivity index (χ0n) is 10.2. The van der Waals surface area contributed by atoms with Gasteiger partial charge >= 0.3 is 0 Å². The Morgan fingerprint density at radius 2 is 1.65 bits per heavy atom. The number of benzene rings is 1. The maximum absolute atomic E-state index is 12.9. The highest BCUT2D eigenvalue weighted by Gasteiger charge is 2.28. The third kappa shape index (κ3) is 3.19. The van der Waals surface area contributed by atoms with Crippen molar-refractivity contribution in [3.63, 3.8) is 0 Å². The third-order valence-corrected chi connectivity index (χ3v) is 3.71. The SMILES string of the molecule is NCC1(Nc2ccc(F)cc2)CCCCCC1. The average molecular weight is 236 g/mol. The molecule has 3 heteroatoms. The lowest BCUT2D eigenvalue weighted by atomic mass is 9.90. The fourth-order valence-electron chi connectivity index (χ4n) is 2.62. The summed E-state index contributed by atoms with van der Waals surface area (Å²) in [5.74, 6) is -0.196. The van der Waals surface area contributed by atoms with Crippen molar-refractivity contribution < 1.29 is 4.39 Å². The van der Waals surface area contributed by atoms with Crippen LogP contribution in [0.25, 0.3) is 0 Å². The van der Waals surface area contributed by atoms with E-state index in [2.05, 4.69) is 5.32 Å². The zero-order chi connectivity index (χ0) is 12.1. The van der Waals surface area contributed by atoms with E-state index >= 15 is 0 Å². The predicted octanol–water partition coefficient (Wildman–Crippen LogP) is 3.29. The van der Waals surface area contributed by atoms with E-state index in [0.29, 0.717) is 6.54 Å². The van der Waals surface area contributed by atoms with Crippen LogP contribution in [0, 0.1) is 5.82 Å². The second-order valence-electron chi connectivity index (χ2n) is 5.03. The van der Waals surface area contributed by atoms with Gasteiger partial charge in [-0.3, -0.25) is 0 Å². The lowest BCUT2D eigenvalue weighted by Crippen LogP contribution is -2.45. The van der Waals surface area contributed by atoms with Crippen molar-refractivity contribution in [1.29, 1.82) is 0 Å². The Labute approximate surface area is 102 Å². The molecule has 2 nitrogen and oxygen atoms in total. The van der Waals surface area contributed by atoms with Crippen molar-refractivity contribution in [2.24, 2.45) is 5.73 Å². The van der Waals surface area contributed by atoms with Gasteiger partial charge in [-0.25, -0.2) is 4.39 Å². The summed E-state index contributed by atoms with van der Waals surface area (Å²) in [5, 5.41) is 3.52. The molecule has 0 unspecified atom stereocenters. The lowest BCUT2D eigenvalue weighted by molar-refractivity contribution is 0.418. The molecule has 0 saturated heterocycles. The Bertz CT molecular complexity index is 340. The van der Waals surface area contributed by atoms with Crippen LogP contribution in [0.2, 0.25) is 0 Å². The predicted molar refractivity (Wildman–Crippen MR) is 69.5 cm³/mol. The van der Waals surface area contributed by atoms with E-state index in [1.54, 1.807) is 12.1 Å². The van der Waals surface area contributed by atoms with E-state index in [1.165, 1.54) is 37.8 Å². The van der Waals surface area contributed by atoms with Gasteiger partial charge in [0.05, 0.1) is 0 Å². The van der Waals surface area contributed by atoms with Gasteiger partial charge < -0.3 is 11.1 Å². The van der Waals surface area contributed by atoms with Gasteiger partial charge in [0.1, 0.15) is 5.82 Å². The summed E-state index contributed by atoms with van der Waals surface area (Å²) in [6, 6.07) is 6.56. The Balaban J connectivity index is 2.09. The van der Waals surface area contributed by atoms with Crippen molar-refractivity contribution in [2.45, 2.75) is 44.1 Å². The molecular weight excluding hydrogens is 215 g/mol. The van der Waals surface area contributed by atoms with E-state index in [4.69, 9.17) is 5.73 Å². The molecule has 1 fully saturated rings. The van der Waals surface area contributed by atoms with Gasteiger partial charge in [-0.2, -0.15) is 0 Å². The van der Waals surface area contributed by atoms with Crippen LogP contribution >= 0.6 is 0 Å². The minimum Gasteiger partial charge on any atom is -0.378 e. The minimum absolute atomic E-state index is 0.00826. The lowest BCUT2D eigenvalue weighted by Gasteiger charge is -2.33. The highest BCUT2D eigenvalue weighted by atomic mass is 19.1. The van der Waals surface area contributed by atoms with Gasteiger partial charge in [0.2, 0.25) is 0 Å². The van der Waals surface area contributed by atoms with E-state index in [0.717, 1.165) is 18.5 Å². The smallest absolute Gasteiger partial charge is 0.123 e. The van der Waals surface area contributed by atoms with Gasteiger partial charge in [-0.1, -0.05) is 25.7 Å². The van der Waals surface area contributed by atoms with Crippen molar-refractivity contribution in [3.05, 3.63) is 30.1 Å². The van der Waals surface area contributed by atoms with Crippen LogP contribution in [0.1, 0.15) is 38.5 Å². The molecule has 0 bridgehead atoms. The summed E-state index contributed by atoms with van der Waals surface area (Å²) in [5.41, 5.74) is 6.93. The average Bonchev–Trinajstić information content (AvgIpc) is 2.58. The number of nitrogens with one attached hydrogen (secondary N) is 1. The van der Waals surface area contributed by atoms with Crippen molar-refractivity contribution >= 4 is 5.69 Å². The summed E-state index contributed by atoms with van der Waals surface area (Å²) >= 11 is 0. The van der Waals surface area contributed by atoms with Crippen LogP contribution in [0.3, 0.4) is 0 Å². The molecule has 0 aromatic heterocycles. The summed E-state index contributed by atoms with van der Waals surface area (Å²) in [6.45, 7) is 0.643. The molecule has 1 saturated carbocycles. The van der Waals surface area contributed by atoms with Crippen LogP contribution in [-0.4, -0.2) is 12.1 Å². The monoisotopic (exact) mass is 236 g/mol. The van der Waals surface area contributed by atoms with Crippen LogP contribution < -0.4 is 11.1 Å². The first kappa shape index (κ1) is 12.4. The molecule has 1 aromatic rings. The first-order valence-electron chi connectivity index (χ1n) is 6.48. The Morgan fingerprint density at radius 3 is 2.18 bits per heavy atom. The van der Waals surface area contributed by atoms with Gasteiger partial charge in [0, 0.05) is 17.8 Å². The van der Waals surface area contributed by atoms with Gasteiger partial charge in [-0.15, -0.1) is 0 Å². The normalized spacial score (nSPS) is 19.6. The highest BCUT2D eigenvalue weighted by Crippen LogP contribution is 2.29. The molecule has 0 atom stereocenters. The molecule has 0 amide bonds. The highest BCUT2D eigenvalue weighted by molar-refractivity contribution is 5.45. The summed E-state index contributed by atoms with van der Waals surface area (Å²) in [4.78, 5) is 0. The largest absolute Gasteiger partial charge is 0.378 e. The molecule has 2 rings (SSSR count). The quantitative estimate of drug-likeness (QED) is 0.790. The summed E-state index contributed by atoms with van der Waals surface area (Å²) in [7, 11) is 0. The standard InChI is InChI=1S/C14H21FN2/c15-12-5-7-13(8-6-12)17-14(11-16)9-3-1-2-4-10-14/h5-8,17H,1-4,9-11,16H2. The molecule has 0 heterocycles. The molecule has 1 aliphatic rings. The topological polar surface area (TPSA) is 38.0 Å². The Morgan fingerprint density at radius 1 is 1.06 bits per heavy atom. The minimum atomic E-state index is -0.196. The maximum Gasteiger partial charge on any atom is 0.123 e.